The summed E-state index contributed by atoms with van der Waals surface area (Å²) in [5.74, 6) is 1.83. The number of carbonyl (C=O) groups excluding carboxylic acids is 1. The molecular formula is C23H21BrN4O3. The van der Waals surface area contributed by atoms with Crippen molar-refractivity contribution in [2.24, 2.45) is 0 Å². The van der Waals surface area contributed by atoms with Gasteiger partial charge >= 0.3 is 0 Å². The van der Waals surface area contributed by atoms with Crippen LogP contribution < -0.4 is 10.1 Å². The first-order chi connectivity index (χ1) is 15.0. The quantitative estimate of drug-likeness (QED) is 0.396. The summed E-state index contributed by atoms with van der Waals surface area (Å²) in [5.41, 5.74) is 3.36. The van der Waals surface area contributed by atoms with Gasteiger partial charge in [0.05, 0.1) is 24.0 Å². The predicted octanol–water partition coefficient (Wildman–Crippen LogP) is 5.13. The second-order valence-corrected chi connectivity index (χ2v) is 7.99. The molecule has 0 atom stereocenters. The first-order valence-corrected chi connectivity index (χ1v) is 10.5. The fraction of sp³-hybridized carbons (Fsp3) is 0.174. The third-order valence-electron chi connectivity index (χ3n) is 4.88. The minimum Gasteiger partial charge on any atom is -0.489 e. The Hall–Kier alpha value is -3.39. The van der Waals surface area contributed by atoms with Gasteiger partial charge in [0.1, 0.15) is 23.9 Å². The summed E-state index contributed by atoms with van der Waals surface area (Å²) in [6, 6.07) is 16.8. The standard InChI is InChI=1S/C23H21BrN4O3/c1-15-21(16(2)31-27-15)14-30-20-9-5-18(6-10-20)23(29)26-22-11-12-25-28(22)13-17-3-7-19(24)8-4-17/h3-12H,13-14H2,1-2H3,(H,26,29). The summed E-state index contributed by atoms with van der Waals surface area (Å²) in [7, 11) is 0. The number of aromatic nitrogens is 3. The van der Waals surface area contributed by atoms with Crippen LogP contribution in [0.5, 0.6) is 5.75 Å². The molecule has 8 heteroatoms. The van der Waals surface area contributed by atoms with Crippen LogP contribution in [-0.4, -0.2) is 20.8 Å². The van der Waals surface area contributed by atoms with Gasteiger partial charge in [-0.25, -0.2) is 4.68 Å². The van der Waals surface area contributed by atoms with E-state index in [2.05, 4.69) is 31.5 Å². The molecule has 4 rings (SSSR count). The molecule has 31 heavy (non-hydrogen) atoms. The fourth-order valence-electron chi connectivity index (χ4n) is 3.08. The van der Waals surface area contributed by atoms with E-state index in [1.54, 1.807) is 41.2 Å². The Morgan fingerprint density at radius 3 is 2.52 bits per heavy atom. The third-order valence-corrected chi connectivity index (χ3v) is 5.41. The lowest BCUT2D eigenvalue weighted by Gasteiger charge is -2.10. The number of halogens is 1. The normalized spacial score (nSPS) is 10.8. The topological polar surface area (TPSA) is 82.2 Å². The predicted molar refractivity (Wildman–Crippen MR) is 120 cm³/mol. The van der Waals surface area contributed by atoms with Crippen LogP contribution in [0.2, 0.25) is 0 Å². The number of anilines is 1. The van der Waals surface area contributed by atoms with Gasteiger partial charge in [0.2, 0.25) is 0 Å². The minimum absolute atomic E-state index is 0.213. The Morgan fingerprint density at radius 2 is 1.84 bits per heavy atom. The zero-order valence-electron chi connectivity index (χ0n) is 17.1. The maximum Gasteiger partial charge on any atom is 0.256 e. The molecule has 1 N–H and O–H groups in total. The molecule has 0 aliphatic rings. The first-order valence-electron chi connectivity index (χ1n) is 9.72. The number of benzene rings is 2. The van der Waals surface area contributed by atoms with Gasteiger partial charge in [0, 0.05) is 16.1 Å². The molecule has 0 unspecified atom stereocenters. The van der Waals surface area contributed by atoms with Crippen LogP contribution >= 0.6 is 15.9 Å². The molecule has 1 amide bonds. The number of hydrogen-bond acceptors (Lipinski definition) is 5. The Morgan fingerprint density at radius 1 is 1.10 bits per heavy atom. The Labute approximate surface area is 188 Å². The molecule has 2 aromatic heterocycles. The molecule has 0 radical (unpaired) electrons. The summed E-state index contributed by atoms with van der Waals surface area (Å²) in [5, 5.41) is 11.2. The second-order valence-electron chi connectivity index (χ2n) is 7.07. The molecule has 2 aromatic carbocycles. The SMILES string of the molecule is Cc1noc(C)c1COc1ccc(C(=O)Nc2ccnn2Cc2ccc(Br)cc2)cc1. The summed E-state index contributed by atoms with van der Waals surface area (Å²) < 4.78 is 13.7. The number of hydrogen-bond donors (Lipinski definition) is 1. The number of ether oxygens (including phenoxy) is 1. The lowest BCUT2D eigenvalue weighted by molar-refractivity contribution is 0.102. The largest absolute Gasteiger partial charge is 0.489 e. The molecule has 2 heterocycles. The van der Waals surface area contributed by atoms with Crippen LogP contribution in [0.15, 0.2) is 69.8 Å². The monoisotopic (exact) mass is 480 g/mol. The molecular weight excluding hydrogens is 460 g/mol. The Kier molecular flexibility index (Phi) is 6.18. The van der Waals surface area contributed by atoms with E-state index in [4.69, 9.17) is 9.26 Å². The zero-order valence-corrected chi connectivity index (χ0v) is 18.7. The molecule has 0 saturated carbocycles. The van der Waals surface area contributed by atoms with E-state index in [1.165, 1.54) is 0 Å². The Balaban J connectivity index is 1.38. The molecule has 4 aromatic rings. The van der Waals surface area contributed by atoms with Crippen molar-refractivity contribution in [1.82, 2.24) is 14.9 Å². The molecule has 158 valence electrons. The van der Waals surface area contributed by atoms with Crippen LogP contribution in [0.25, 0.3) is 0 Å². The molecule has 7 nitrogen and oxygen atoms in total. The van der Waals surface area contributed by atoms with Gasteiger partial charge < -0.3 is 14.6 Å². The summed E-state index contributed by atoms with van der Waals surface area (Å²) in [4.78, 5) is 12.7. The van der Waals surface area contributed by atoms with Gasteiger partial charge in [-0.3, -0.25) is 4.79 Å². The van der Waals surface area contributed by atoms with Gasteiger partial charge in [0.25, 0.3) is 5.91 Å². The van der Waals surface area contributed by atoms with Crippen molar-refractivity contribution in [2.45, 2.75) is 27.0 Å². The molecule has 0 spiro atoms. The average molecular weight is 481 g/mol. The van der Waals surface area contributed by atoms with Gasteiger partial charge in [-0.1, -0.05) is 33.2 Å². The van der Waals surface area contributed by atoms with Crippen LogP contribution in [0, 0.1) is 13.8 Å². The van der Waals surface area contributed by atoms with Crippen molar-refractivity contribution in [3.8, 4) is 5.75 Å². The first kappa shape index (κ1) is 20.9. The number of amides is 1. The maximum absolute atomic E-state index is 12.7. The van der Waals surface area contributed by atoms with E-state index in [9.17, 15) is 4.79 Å². The maximum atomic E-state index is 12.7. The van der Waals surface area contributed by atoms with Crippen molar-refractivity contribution >= 4 is 27.7 Å². The highest BCUT2D eigenvalue weighted by Gasteiger charge is 2.12. The molecule has 0 saturated heterocycles. The van der Waals surface area contributed by atoms with Gasteiger partial charge in [-0.15, -0.1) is 0 Å². The third kappa shape index (κ3) is 5.03. The van der Waals surface area contributed by atoms with Crippen LogP contribution in [0.4, 0.5) is 5.82 Å². The molecule has 0 fully saturated rings. The van der Waals surface area contributed by atoms with E-state index in [-0.39, 0.29) is 5.91 Å². The number of aryl methyl sites for hydroxylation is 2. The van der Waals surface area contributed by atoms with E-state index in [0.29, 0.717) is 30.3 Å². The van der Waals surface area contributed by atoms with E-state index < -0.39 is 0 Å². The molecule has 0 bridgehead atoms. The van der Waals surface area contributed by atoms with Gasteiger partial charge in [-0.05, 0) is 55.8 Å². The van der Waals surface area contributed by atoms with Crippen molar-refractivity contribution in [1.29, 1.82) is 0 Å². The lowest BCUT2D eigenvalue weighted by Crippen LogP contribution is -2.16. The number of carbonyl (C=O) groups is 1. The fourth-order valence-corrected chi connectivity index (χ4v) is 3.35. The number of nitrogens with zero attached hydrogens (tertiary/aromatic N) is 3. The highest BCUT2D eigenvalue weighted by molar-refractivity contribution is 9.10. The van der Waals surface area contributed by atoms with E-state index in [0.717, 1.165) is 27.1 Å². The molecule has 0 aliphatic heterocycles. The van der Waals surface area contributed by atoms with Gasteiger partial charge in [-0.2, -0.15) is 5.10 Å². The summed E-state index contributed by atoms with van der Waals surface area (Å²) in [6.45, 7) is 4.66. The van der Waals surface area contributed by atoms with Crippen LogP contribution in [-0.2, 0) is 13.2 Å². The van der Waals surface area contributed by atoms with Crippen molar-refractivity contribution < 1.29 is 14.1 Å². The second kappa shape index (κ2) is 9.18. The highest BCUT2D eigenvalue weighted by Crippen LogP contribution is 2.19. The van der Waals surface area contributed by atoms with Crippen molar-refractivity contribution in [2.75, 3.05) is 5.32 Å². The number of nitrogens with one attached hydrogen (secondary N) is 1. The van der Waals surface area contributed by atoms with Crippen LogP contribution in [0.1, 0.15) is 32.9 Å². The zero-order chi connectivity index (χ0) is 21.8. The smallest absolute Gasteiger partial charge is 0.256 e. The highest BCUT2D eigenvalue weighted by atomic mass is 79.9. The van der Waals surface area contributed by atoms with Gasteiger partial charge in [0.15, 0.2) is 0 Å². The Bertz CT molecular complexity index is 1160. The van der Waals surface area contributed by atoms with Crippen molar-refractivity contribution in [3.63, 3.8) is 0 Å². The summed E-state index contributed by atoms with van der Waals surface area (Å²) >= 11 is 3.43. The summed E-state index contributed by atoms with van der Waals surface area (Å²) in [6.07, 6.45) is 1.67. The number of rotatable bonds is 7. The van der Waals surface area contributed by atoms with E-state index >= 15 is 0 Å². The van der Waals surface area contributed by atoms with E-state index in [1.807, 2.05) is 38.1 Å². The lowest BCUT2D eigenvalue weighted by atomic mass is 10.2. The molecule has 0 aliphatic carbocycles. The van der Waals surface area contributed by atoms with Crippen LogP contribution in [0.3, 0.4) is 0 Å². The minimum atomic E-state index is -0.213. The van der Waals surface area contributed by atoms with Crippen molar-refractivity contribution in [3.05, 3.63) is 93.4 Å². The average Bonchev–Trinajstić information content (AvgIpc) is 3.34.